The molecule has 0 N–H and O–H groups in total. The van der Waals surface area contributed by atoms with Gasteiger partial charge in [-0.25, -0.2) is 9.59 Å². The summed E-state index contributed by atoms with van der Waals surface area (Å²) in [5.74, 6) is -1.14. The lowest BCUT2D eigenvalue weighted by atomic mass is 10.0. The molecule has 2 rings (SSSR count). The van der Waals surface area contributed by atoms with Crippen LogP contribution in [0.3, 0.4) is 0 Å². The molecule has 0 unspecified atom stereocenters. The zero-order valence-corrected chi connectivity index (χ0v) is 9.07. The van der Waals surface area contributed by atoms with Crippen LogP contribution < -0.4 is 0 Å². The van der Waals surface area contributed by atoms with Crippen LogP contribution in [-0.2, 0) is 23.8 Å². The summed E-state index contributed by atoms with van der Waals surface area (Å²) in [6.07, 6.45) is 3.69. The molecule has 2 aliphatic rings. The smallest absolute Gasteiger partial charge is 0.330 e. The number of esters is 2. The van der Waals surface area contributed by atoms with Gasteiger partial charge in [0.25, 0.3) is 0 Å². The van der Waals surface area contributed by atoms with Crippen LogP contribution >= 0.6 is 0 Å². The summed E-state index contributed by atoms with van der Waals surface area (Å²) in [5.41, 5.74) is 0. The Bertz CT molecular complexity index is 362. The maximum Gasteiger partial charge on any atom is 0.330 e. The van der Waals surface area contributed by atoms with Gasteiger partial charge in [0, 0.05) is 12.2 Å². The predicted octanol–water partition coefficient (Wildman–Crippen LogP) is 0.519. The van der Waals surface area contributed by atoms with E-state index in [-0.39, 0.29) is 12.2 Å². The molecule has 0 aromatic carbocycles. The van der Waals surface area contributed by atoms with E-state index in [1.54, 1.807) is 12.2 Å². The molecule has 2 heterocycles. The highest BCUT2D eigenvalue weighted by Gasteiger charge is 2.50. The molecule has 0 saturated carbocycles. The first-order chi connectivity index (χ1) is 8.15. The van der Waals surface area contributed by atoms with Crippen LogP contribution in [0.1, 0.15) is 0 Å². The van der Waals surface area contributed by atoms with Gasteiger partial charge in [-0.3, -0.25) is 0 Å². The van der Waals surface area contributed by atoms with E-state index in [2.05, 4.69) is 13.2 Å². The number of hydrogen-bond donors (Lipinski definition) is 0. The minimum atomic E-state index is -0.626. The van der Waals surface area contributed by atoms with Crippen molar-refractivity contribution in [2.45, 2.75) is 24.4 Å². The van der Waals surface area contributed by atoms with Crippen LogP contribution in [0, 0.1) is 0 Å². The molecular weight excluding hydrogens is 224 g/mol. The molecule has 0 aromatic heterocycles. The first kappa shape index (κ1) is 11.6. The second-order valence-electron chi connectivity index (χ2n) is 3.66. The molecule has 0 radical (unpaired) electrons. The fourth-order valence-electron chi connectivity index (χ4n) is 1.87. The minimum Gasteiger partial charge on any atom is -0.452 e. The SMILES string of the molecule is C=CC(=O)O[C@@H]1[C@H](OC(=O)C=C)[C@@H]2C=C[C@H]1O2. The maximum absolute atomic E-state index is 11.2. The molecule has 90 valence electrons. The van der Waals surface area contributed by atoms with Crippen molar-refractivity contribution >= 4 is 11.9 Å². The van der Waals surface area contributed by atoms with Gasteiger partial charge in [0.15, 0.2) is 12.2 Å². The summed E-state index contributed by atoms with van der Waals surface area (Å²) < 4.78 is 15.7. The van der Waals surface area contributed by atoms with Gasteiger partial charge in [-0.15, -0.1) is 0 Å². The van der Waals surface area contributed by atoms with Gasteiger partial charge < -0.3 is 14.2 Å². The molecule has 1 fully saturated rings. The van der Waals surface area contributed by atoms with E-state index in [4.69, 9.17) is 14.2 Å². The standard InChI is InChI=1S/C12H12O5/c1-3-9(13)16-11-7-5-6-8(15-7)12(11)17-10(14)4-2/h3-8,11-12H,1-2H2/t7-,8+,11+,12-. The highest BCUT2D eigenvalue weighted by molar-refractivity contribution is 5.82. The van der Waals surface area contributed by atoms with Crippen LogP contribution in [0.4, 0.5) is 0 Å². The monoisotopic (exact) mass is 236 g/mol. The first-order valence-electron chi connectivity index (χ1n) is 5.15. The van der Waals surface area contributed by atoms with E-state index in [1.807, 2.05) is 0 Å². The van der Waals surface area contributed by atoms with Gasteiger partial charge in [-0.05, 0) is 0 Å². The Labute approximate surface area is 98.3 Å². The van der Waals surface area contributed by atoms with Gasteiger partial charge in [0.1, 0.15) is 12.2 Å². The van der Waals surface area contributed by atoms with E-state index in [1.165, 1.54) is 0 Å². The topological polar surface area (TPSA) is 61.8 Å². The van der Waals surface area contributed by atoms with Gasteiger partial charge in [-0.1, -0.05) is 25.3 Å². The Morgan fingerprint density at radius 1 is 1.00 bits per heavy atom. The third-order valence-electron chi connectivity index (χ3n) is 2.61. The average Bonchev–Trinajstić information content (AvgIpc) is 2.91. The molecule has 0 aliphatic carbocycles. The van der Waals surface area contributed by atoms with Gasteiger partial charge in [0.05, 0.1) is 0 Å². The number of carbonyl (C=O) groups excluding carboxylic acids is 2. The lowest BCUT2D eigenvalue weighted by Crippen LogP contribution is -2.41. The van der Waals surface area contributed by atoms with Crippen LogP contribution in [-0.4, -0.2) is 36.4 Å². The summed E-state index contributed by atoms with van der Waals surface area (Å²) in [6, 6.07) is 0. The fraction of sp³-hybridized carbons (Fsp3) is 0.333. The predicted molar refractivity (Wildman–Crippen MR) is 58.0 cm³/mol. The molecule has 17 heavy (non-hydrogen) atoms. The summed E-state index contributed by atoms with van der Waals surface area (Å²) in [6.45, 7) is 6.62. The lowest BCUT2D eigenvalue weighted by Gasteiger charge is -2.23. The normalized spacial score (nSPS) is 33.2. The van der Waals surface area contributed by atoms with Crippen LogP contribution in [0.25, 0.3) is 0 Å². The van der Waals surface area contributed by atoms with Crippen molar-refractivity contribution in [3.63, 3.8) is 0 Å². The molecule has 2 bridgehead atoms. The number of rotatable bonds is 4. The second-order valence-corrected chi connectivity index (χ2v) is 3.66. The van der Waals surface area contributed by atoms with Crippen molar-refractivity contribution in [2.75, 3.05) is 0 Å². The van der Waals surface area contributed by atoms with Crippen molar-refractivity contribution in [1.29, 1.82) is 0 Å². The van der Waals surface area contributed by atoms with Gasteiger partial charge in [-0.2, -0.15) is 0 Å². The largest absolute Gasteiger partial charge is 0.452 e. The fourth-order valence-corrected chi connectivity index (χ4v) is 1.87. The quantitative estimate of drug-likeness (QED) is 0.404. The molecule has 4 atom stereocenters. The number of carbonyl (C=O) groups is 2. The number of hydrogen-bond acceptors (Lipinski definition) is 5. The van der Waals surface area contributed by atoms with E-state index in [9.17, 15) is 9.59 Å². The highest BCUT2D eigenvalue weighted by Crippen LogP contribution is 2.33. The Morgan fingerprint density at radius 3 is 1.76 bits per heavy atom. The van der Waals surface area contributed by atoms with Crippen molar-refractivity contribution in [3.8, 4) is 0 Å². The molecular formula is C12H12O5. The summed E-state index contributed by atoms with van der Waals surface area (Å²) >= 11 is 0. The summed E-state index contributed by atoms with van der Waals surface area (Å²) in [7, 11) is 0. The molecule has 0 aromatic rings. The third-order valence-corrected chi connectivity index (χ3v) is 2.61. The molecule has 2 aliphatic heterocycles. The molecule has 5 nitrogen and oxygen atoms in total. The second kappa shape index (κ2) is 4.55. The van der Waals surface area contributed by atoms with Crippen molar-refractivity contribution in [2.24, 2.45) is 0 Å². The Morgan fingerprint density at radius 2 is 1.41 bits per heavy atom. The van der Waals surface area contributed by atoms with Crippen molar-refractivity contribution in [1.82, 2.24) is 0 Å². The van der Waals surface area contributed by atoms with Crippen LogP contribution in [0.15, 0.2) is 37.5 Å². The number of ether oxygens (including phenoxy) is 3. The van der Waals surface area contributed by atoms with Crippen LogP contribution in [0.5, 0.6) is 0 Å². The van der Waals surface area contributed by atoms with E-state index in [0.717, 1.165) is 12.2 Å². The van der Waals surface area contributed by atoms with E-state index >= 15 is 0 Å². The Balaban J connectivity index is 2.09. The third kappa shape index (κ3) is 2.14. The van der Waals surface area contributed by atoms with Crippen molar-refractivity contribution in [3.05, 3.63) is 37.5 Å². The van der Waals surface area contributed by atoms with E-state index in [0.29, 0.717) is 0 Å². The molecule has 0 amide bonds. The van der Waals surface area contributed by atoms with Gasteiger partial charge >= 0.3 is 11.9 Å². The molecule has 5 heteroatoms. The van der Waals surface area contributed by atoms with Crippen LogP contribution in [0.2, 0.25) is 0 Å². The van der Waals surface area contributed by atoms with Crippen molar-refractivity contribution < 1.29 is 23.8 Å². The average molecular weight is 236 g/mol. The minimum absolute atomic E-state index is 0.369. The highest BCUT2D eigenvalue weighted by atomic mass is 16.6. The first-order valence-corrected chi connectivity index (χ1v) is 5.15. The Hall–Kier alpha value is -1.88. The van der Waals surface area contributed by atoms with Gasteiger partial charge in [0.2, 0.25) is 0 Å². The summed E-state index contributed by atoms with van der Waals surface area (Å²) in [5, 5.41) is 0. The zero-order chi connectivity index (χ0) is 12.4. The number of fused-ring (bicyclic) bond motifs is 2. The maximum atomic E-state index is 11.2. The summed E-state index contributed by atoms with van der Waals surface area (Å²) in [4.78, 5) is 22.3. The molecule has 0 spiro atoms. The Kier molecular flexibility index (Phi) is 3.10. The lowest BCUT2D eigenvalue weighted by molar-refractivity contribution is -0.159. The molecule has 1 saturated heterocycles. The zero-order valence-electron chi connectivity index (χ0n) is 9.07. The van der Waals surface area contributed by atoms with E-state index < -0.39 is 24.1 Å².